The van der Waals surface area contributed by atoms with Crippen LogP contribution in [0.2, 0.25) is 5.02 Å². The van der Waals surface area contributed by atoms with Crippen molar-refractivity contribution in [2.75, 3.05) is 10.7 Å². The molecular weight excluding hydrogens is 492 g/mol. The van der Waals surface area contributed by atoms with Gasteiger partial charge in [0, 0.05) is 23.7 Å². The minimum Gasteiger partial charge on any atom is -0.331 e. The molecule has 0 spiro atoms. The molecule has 0 radical (unpaired) electrons. The molecule has 10 heteroatoms. The quantitative estimate of drug-likeness (QED) is 0.321. The summed E-state index contributed by atoms with van der Waals surface area (Å²) in [5.41, 5.74) is 11.6. The van der Waals surface area contributed by atoms with Crippen LogP contribution in [-0.4, -0.2) is 28.9 Å². The van der Waals surface area contributed by atoms with Gasteiger partial charge in [-0.1, -0.05) is 48.0 Å². The zero-order chi connectivity index (χ0) is 25.9. The molecule has 5 rings (SSSR count). The standard InChI is InChI=1S/C27H27ClN6O3/c1-16(29-27(37)30-22-4-2-3-19(14-22)17-5-8-21(28)9-6-17)18-7-10-23-20(13-18)15-34(33-32-23)24-11-12-25(35)31-26(24)36/h2-10,13-14,16,24,32-33H,11-12,15H2,1H3,(H2,29,30,37)(H,31,35,36). The highest BCUT2D eigenvalue weighted by atomic mass is 35.5. The van der Waals surface area contributed by atoms with Crippen molar-refractivity contribution in [3.05, 3.63) is 82.9 Å². The number of piperidine rings is 1. The summed E-state index contributed by atoms with van der Waals surface area (Å²) in [4.78, 5) is 36.5. The van der Waals surface area contributed by atoms with Crippen molar-refractivity contribution in [1.29, 1.82) is 0 Å². The number of anilines is 2. The average molecular weight is 519 g/mol. The number of urea groups is 1. The molecule has 1 saturated heterocycles. The van der Waals surface area contributed by atoms with E-state index in [1.807, 2.05) is 73.7 Å². The third kappa shape index (κ3) is 5.75. The summed E-state index contributed by atoms with van der Waals surface area (Å²) in [6.45, 7) is 2.39. The molecule has 0 saturated carbocycles. The number of carbonyl (C=O) groups is 3. The molecule has 2 unspecified atom stereocenters. The molecule has 2 heterocycles. The van der Waals surface area contributed by atoms with E-state index in [2.05, 4.69) is 26.9 Å². The Morgan fingerprint density at radius 1 is 1.05 bits per heavy atom. The molecule has 190 valence electrons. The fourth-order valence-corrected chi connectivity index (χ4v) is 4.65. The van der Waals surface area contributed by atoms with Crippen LogP contribution in [0.4, 0.5) is 16.2 Å². The van der Waals surface area contributed by atoms with Gasteiger partial charge in [0.25, 0.3) is 0 Å². The van der Waals surface area contributed by atoms with Gasteiger partial charge in [0.2, 0.25) is 11.8 Å². The van der Waals surface area contributed by atoms with Crippen molar-refractivity contribution in [3.8, 4) is 11.1 Å². The summed E-state index contributed by atoms with van der Waals surface area (Å²) in [5, 5.41) is 10.7. The van der Waals surface area contributed by atoms with Gasteiger partial charge in [0.1, 0.15) is 6.04 Å². The van der Waals surface area contributed by atoms with Crippen LogP contribution in [0.3, 0.4) is 0 Å². The molecule has 0 aliphatic carbocycles. The number of rotatable bonds is 5. The summed E-state index contributed by atoms with van der Waals surface area (Å²) < 4.78 is 0. The Bertz CT molecular complexity index is 1350. The van der Waals surface area contributed by atoms with E-state index in [0.29, 0.717) is 30.1 Å². The number of hydrazine groups is 2. The fraction of sp³-hybridized carbons (Fsp3) is 0.222. The first kappa shape index (κ1) is 24.8. The molecule has 0 aromatic heterocycles. The van der Waals surface area contributed by atoms with E-state index in [1.54, 1.807) is 5.01 Å². The maximum atomic E-state index is 12.8. The second-order valence-electron chi connectivity index (χ2n) is 9.16. The Labute approximate surface area is 219 Å². The molecule has 0 bridgehead atoms. The fourth-order valence-electron chi connectivity index (χ4n) is 4.52. The normalized spacial score (nSPS) is 18.3. The topological polar surface area (TPSA) is 115 Å². The van der Waals surface area contributed by atoms with Gasteiger partial charge < -0.3 is 16.1 Å². The van der Waals surface area contributed by atoms with Crippen molar-refractivity contribution < 1.29 is 14.4 Å². The number of halogens is 1. The van der Waals surface area contributed by atoms with Crippen LogP contribution < -0.4 is 26.9 Å². The predicted molar refractivity (Wildman–Crippen MR) is 142 cm³/mol. The average Bonchev–Trinajstić information content (AvgIpc) is 2.88. The maximum absolute atomic E-state index is 12.8. The highest BCUT2D eigenvalue weighted by molar-refractivity contribution is 6.30. The number of amides is 4. The van der Waals surface area contributed by atoms with Crippen molar-refractivity contribution in [2.45, 2.75) is 38.4 Å². The third-order valence-corrected chi connectivity index (χ3v) is 6.79. The van der Waals surface area contributed by atoms with Gasteiger partial charge in [-0.15, -0.1) is 0 Å². The second kappa shape index (κ2) is 10.6. The minimum absolute atomic E-state index is 0.246. The van der Waals surface area contributed by atoms with E-state index >= 15 is 0 Å². The first-order valence-corrected chi connectivity index (χ1v) is 12.4. The molecule has 2 aliphatic rings. The lowest BCUT2D eigenvalue weighted by atomic mass is 10.0. The Balaban J connectivity index is 1.22. The Morgan fingerprint density at radius 3 is 2.65 bits per heavy atom. The van der Waals surface area contributed by atoms with Crippen molar-refractivity contribution in [1.82, 2.24) is 21.2 Å². The number of nitrogens with one attached hydrogen (secondary N) is 5. The first-order valence-electron chi connectivity index (χ1n) is 12.0. The summed E-state index contributed by atoms with van der Waals surface area (Å²) in [7, 11) is 0. The lowest BCUT2D eigenvalue weighted by Crippen LogP contribution is -2.59. The molecule has 2 aliphatic heterocycles. The van der Waals surface area contributed by atoms with Crippen LogP contribution in [0.5, 0.6) is 0 Å². The Hall–Kier alpha value is -3.92. The number of imide groups is 1. The smallest absolute Gasteiger partial charge is 0.319 e. The molecule has 5 N–H and O–H groups in total. The van der Waals surface area contributed by atoms with Gasteiger partial charge in [-0.25, -0.2) is 9.80 Å². The highest BCUT2D eigenvalue weighted by Gasteiger charge is 2.33. The molecule has 1 fully saturated rings. The van der Waals surface area contributed by atoms with Crippen molar-refractivity contribution in [3.63, 3.8) is 0 Å². The van der Waals surface area contributed by atoms with Crippen LogP contribution in [0, 0.1) is 0 Å². The van der Waals surface area contributed by atoms with Crippen LogP contribution in [0.25, 0.3) is 11.1 Å². The van der Waals surface area contributed by atoms with Crippen LogP contribution >= 0.6 is 11.6 Å². The number of fused-ring (bicyclic) bond motifs is 1. The van der Waals surface area contributed by atoms with E-state index in [9.17, 15) is 14.4 Å². The van der Waals surface area contributed by atoms with Gasteiger partial charge in [0.15, 0.2) is 0 Å². The Kier molecular flexibility index (Phi) is 7.09. The lowest BCUT2D eigenvalue weighted by Gasteiger charge is -2.37. The van der Waals surface area contributed by atoms with Crippen LogP contribution in [0.1, 0.15) is 36.9 Å². The SMILES string of the molecule is CC(NC(=O)Nc1cccc(-c2ccc(Cl)cc2)c1)c1ccc2c(c1)CN(C1CCC(=O)NC1=O)NN2. The van der Waals surface area contributed by atoms with E-state index in [1.165, 1.54) is 0 Å². The molecular formula is C27H27ClN6O3. The summed E-state index contributed by atoms with van der Waals surface area (Å²) in [6, 6.07) is 20.0. The van der Waals surface area contributed by atoms with E-state index in [-0.39, 0.29) is 23.9 Å². The number of hydrogen-bond acceptors (Lipinski definition) is 6. The second-order valence-corrected chi connectivity index (χ2v) is 9.59. The lowest BCUT2D eigenvalue weighted by molar-refractivity contribution is -0.138. The largest absolute Gasteiger partial charge is 0.331 e. The van der Waals surface area contributed by atoms with Crippen molar-refractivity contribution >= 4 is 40.8 Å². The first-order chi connectivity index (χ1) is 17.9. The van der Waals surface area contributed by atoms with E-state index in [4.69, 9.17) is 11.6 Å². The van der Waals surface area contributed by atoms with Gasteiger partial charge in [-0.2, -0.15) is 5.53 Å². The van der Waals surface area contributed by atoms with Crippen LogP contribution in [0.15, 0.2) is 66.7 Å². The number of carbonyl (C=O) groups excluding carboxylic acids is 3. The zero-order valence-corrected chi connectivity index (χ0v) is 20.9. The van der Waals surface area contributed by atoms with Crippen molar-refractivity contribution in [2.24, 2.45) is 0 Å². The maximum Gasteiger partial charge on any atom is 0.319 e. The van der Waals surface area contributed by atoms with E-state index in [0.717, 1.165) is 27.9 Å². The van der Waals surface area contributed by atoms with Gasteiger partial charge >= 0.3 is 6.03 Å². The van der Waals surface area contributed by atoms with Crippen LogP contribution in [-0.2, 0) is 16.1 Å². The molecule has 4 amide bonds. The van der Waals surface area contributed by atoms with Gasteiger partial charge in [-0.3, -0.25) is 14.9 Å². The Morgan fingerprint density at radius 2 is 1.86 bits per heavy atom. The molecule has 2 atom stereocenters. The zero-order valence-electron chi connectivity index (χ0n) is 20.2. The summed E-state index contributed by atoms with van der Waals surface area (Å²) in [6.07, 6.45) is 0.756. The van der Waals surface area contributed by atoms with E-state index < -0.39 is 6.04 Å². The summed E-state index contributed by atoms with van der Waals surface area (Å²) in [5.74, 6) is -0.555. The molecule has 9 nitrogen and oxygen atoms in total. The monoisotopic (exact) mass is 518 g/mol. The summed E-state index contributed by atoms with van der Waals surface area (Å²) >= 11 is 5.99. The number of hydrogen-bond donors (Lipinski definition) is 5. The predicted octanol–water partition coefficient (Wildman–Crippen LogP) is 4.34. The minimum atomic E-state index is -0.452. The number of benzene rings is 3. The third-order valence-electron chi connectivity index (χ3n) is 6.54. The highest BCUT2D eigenvalue weighted by Crippen LogP contribution is 2.27. The van der Waals surface area contributed by atoms with Gasteiger partial charge in [0.05, 0.1) is 11.7 Å². The molecule has 3 aromatic rings. The number of nitrogens with zero attached hydrogens (tertiary/aromatic N) is 1. The van der Waals surface area contributed by atoms with Gasteiger partial charge in [-0.05, 0) is 65.9 Å². The molecule has 37 heavy (non-hydrogen) atoms. The molecule has 3 aromatic carbocycles.